The Labute approximate surface area is 174 Å². The van der Waals surface area contributed by atoms with Gasteiger partial charge >= 0.3 is 6.18 Å². The van der Waals surface area contributed by atoms with Gasteiger partial charge in [-0.15, -0.1) is 0 Å². The van der Waals surface area contributed by atoms with Crippen LogP contribution in [-0.4, -0.2) is 21.9 Å². The Kier molecular flexibility index (Phi) is 4.46. The van der Waals surface area contributed by atoms with E-state index >= 15 is 0 Å². The van der Waals surface area contributed by atoms with Crippen molar-refractivity contribution in [3.63, 3.8) is 0 Å². The largest absolute Gasteiger partial charge is 0.467 e. The number of fused-ring (bicyclic) bond motifs is 2. The molecule has 5 rings (SSSR count). The summed E-state index contributed by atoms with van der Waals surface area (Å²) in [6, 6.07) is 14.9. The van der Waals surface area contributed by atoms with E-state index in [-0.39, 0.29) is 17.9 Å². The lowest BCUT2D eigenvalue weighted by molar-refractivity contribution is -0.174. The summed E-state index contributed by atoms with van der Waals surface area (Å²) in [5, 5.41) is 11.5. The van der Waals surface area contributed by atoms with Crippen molar-refractivity contribution >= 4 is 28.2 Å². The van der Waals surface area contributed by atoms with E-state index in [0.717, 1.165) is 15.5 Å². The molecule has 31 heavy (non-hydrogen) atoms. The van der Waals surface area contributed by atoms with E-state index in [1.54, 1.807) is 24.3 Å². The minimum Gasteiger partial charge on any atom is -0.467 e. The Bertz CT molecular complexity index is 1240. The fraction of sp³-hybridized carbons (Fsp3) is 0.182. The van der Waals surface area contributed by atoms with Gasteiger partial charge in [0.05, 0.1) is 12.3 Å². The van der Waals surface area contributed by atoms with E-state index in [1.807, 2.05) is 30.3 Å². The molecule has 1 aliphatic rings. The molecule has 2 aromatic carbocycles. The number of hydrogen-bond donors (Lipinski definition) is 2. The molecular weight excluding hydrogens is 409 g/mol. The summed E-state index contributed by atoms with van der Waals surface area (Å²) in [6.45, 7) is 0. The molecule has 4 aromatic rings. The zero-order valence-electron chi connectivity index (χ0n) is 16.1. The summed E-state index contributed by atoms with van der Waals surface area (Å²) in [7, 11) is 0. The van der Waals surface area contributed by atoms with E-state index < -0.39 is 24.2 Å². The molecule has 9 heteroatoms. The molecule has 3 heterocycles. The summed E-state index contributed by atoms with van der Waals surface area (Å²) in [4.78, 5) is 12.8. The molecule has 0 spiro atoms. The van der Waals surface area contributed by atoms with E-state index in [4.69, 9.17) is 4.42 Å². The van der Waals surface area contributed by atoms with Gasteiger partial charge < -0.3 is 15.1 Å². The molecular formula is C22H17F3N4O2. The molecule has 0 saturated carbocycles. The number of rotatable bonds is 3. The standard InChI is InChI=1S/C22H17F3N4O2/c23-22(24,25)19-11-16(18-9-4-10-31-18)26-20-12-17(28-29(19)20)21(30)27-15-8-3-6-13-5-1-2-7-14(13)15/h1-10,12,16,19,26H,11H2,(H,27,30). The monoisotopic (exact) mass is 426 g/mol. The van der Waals surface area contributed by atoms with Crippen LogP contribution in [0.3, 0.4) is 0 Å². The number of nitrogens with zero attached hydrogens (tertiary/aromatic N) is 2. The van der Waals surface area contributed by atoms with Crippen molar-refractivity contribution in [3.05, 3.63) is 78.4 Å². The summed E-state index contributed by atoms with van der Waals surface area (Å²) in [5.74, 6) is -0.0861. The molecule has 0 fully saturated rings. The highest BCUT2D eigenvalue weighted by Gasteiger charge is 2.47. The average Bonchev–Trinajstić information content (AvgIpc) is 3.42. The number of carbonyl (C=O) groups excluding carboxylic acids is 1. The number of nitrogens with one attached hydrogen (secondary N) is 2. The lowest BCUT2D eigenvalue weighted by atomic mass is 10.0. The van der Waals surface area contributed by atoms with Crippen LogP contribution in [0.5, 0.6) is 0 Å². The third-order valence-electron chi connectivity index (χ3n) is 5.35. The number of benzene rings is 2. The van der Waals surface area contributed by atoms with Gasteiger partial charge in [-0.25, -0.2) is 4.68 Å². The number of hydrogen-bond acceptors (Lipinski definition) is 4. The summed E-state index contributed by atoms with van der Waals surface area (Å²) >= 11 is 0. The Morgan fingerprint density at radius 1 is 1.13 bits per heavy atom. The zero-order chi connectivity index (χ0) is 21.6. The van der Waals surface area contributed by atoms with Crippen LogP contribution in [0.1, 0.15) is 34.8 Å². The van der Waals surface area contributed by atoms with Crippen LogP contribution in [0.25, 0.3) is 10.8 Å². The van der Waals surface area contributed by atoms with Crippen molar-refractivity contribution in [2.75, 3.05) is 10.6 Å². The highest BCUT2D eigenvalue weighted by Crippen LogP contribution is 2.43. The normalized spacial score (nSPS) is 18.4. The Morgan fingerprint density at radius 2 is 1.94 bits per heavy atom. The third kappa shape index (κ3) is 3.52. The van der Waals surface area contributed by atoms with Gasteiger partial charge in [0.15, 0.2) is 11.7 Å². The molecule has 2 atom stereocenters. The minimum atomic E-state index is -4.53. The molecule has 1 amide bonds. The van der Waals surface area contributed by atoms with Crippen molar-refractivity contribution in [1.82, 2.24) is 9.78 Å². The SMILES string of the molecule is O=C(Nc1cccc2ccccc12)c1cc2n(n1)C(C(F)(F)F)CC(c1ccco1)N2. The van der Waals surface area contributed by atoms with Gasteiger partial charge in [-0.3, -0.25) is 4.79 Å². The van der Waals surface area contributed by atoms with Gasteiger partial charge in [-0.1, -0.05) is 36.4 Å². The van der Waals surface area contributed by atoms with Crippen LogP contribution in [0.15, 0.2) is 71.3 Å². The van der Waals surface area contributed by atoms with Gasteiger partial charge in [0.2, 0.25) is 0 Å². The topological polar surface area (TPSA) is 72.1 Å². The number of amides is 1. The molecule has 6 nitrogen and oxygen atoms in total. The third-order valence-corrected chi connectivity index (χ3v) is 5.35. The molecule has 0 radical (unpaired) electrons. The fourth-order valence-electron chi connectivity index (χ4n) is 3.88. The van der Waals surface area contributed by atoms with Crippen molar-refractivity contribution in [1.29, 1.82) is 0 Å². The number of aromatic nitrogens is 2. The molecule has 0 saturated heterocycles. The molecule has 2 N–H and O–H groups in total. The van der Waals surface area contributed by atoms with Crippen LogP contribution in [0.4, 0.5) is 24.7 Å². The van der Waals surface area contributed by atoms with Crippen molar-refractivity contribution in [2.45, 2.75) is 24.7 Å². The van der Waals surface area contributed by atoms with E-state index in [1.165, 1.54) is 12.3 Å². The fourth-order valence-corrected chi connectivity index (χ4v) is 3.88. The number of furan rings is 1. The smallest absolute Gasteiger partial charge is 0.410 e. The minimum absolute atomic E-state index is 0.107. The quantitative estimate of drug-likeness (QED) is 0.451. The number of carbonyl (C=O) groups is 1. The van der Waals surface area contributed by atoms with E-state index in [9.17, 15) is 18.0 Å². The van der Waals surface area contributed by atoms with Crippen molar-refractivity contribution < 1.29 is 22.4 Å². The van der Waals surface area contributed by atoms with Gasteiger partial charge in [0, 0.05) is 23.6 Å². The first-order valence-electron chi connectivity index (χ1n) is 9.65. The Morgan fingerprint density at radius 3 is 2.71 bits per heavy atom. The second-order valence-corrected chi connectivity index (χ2v) is 7.35. The van der Waals surface area contributed by atoms with Gasteiger partial charge in [0.25, 0.3) is 5.91 Å². The Balaban J connectivity index is 1.47. The predicted octanol–water partition coefficient (Wildman–Crippen LogP) is 5.54. The zero-order valence-corrected chi connectivity index (χ0v) is 16.1. The average molecular weight is 426 g/mol. The van der Waals surface area contributed by atoms with Crippen molar-refractivity contribution in [2.24, 2.45) is 0 Å². The Hall–Kier alpha value is -3.75. The first-order chi connectivity index (χ1) is 14.9. The van der Waals surface area contributed by atoms with Crippen LogP contribution in [-0.2, 0) is 0 Å². The molecule has 2 unspecified atom stereocenters. The van der Waals surface area contributed by atoms with Crippen LogP contribution in [0, 0.1) is 0 Å². The number of halogens is 3. The summed E-state index contributed by atoms with van der Waals surface area (Å²) in [6.07, 6.45) is -3.41. The first-order valence-corrected chi connectivity index (χ1v) is 9.65. The van der Waals surface area contributed by atoms with Gasteiger partial charge in [0.1, 0.15) is 11.6 Å². The van der Waals surface area contributed by atoms with E-state index in [2.05, 4.69) is 15.7 Å². The highest BCUT2D eigenvalue weighted by molar-refractivity contribution is 6.08. The molecule has 0 bridgehead atoms. The van der Waals surface area contributed by atoms with E-state index in [0.29, 0.717) is 11.4 Å². The van der Waals surface area contributed by atoms with Crippen LogP contribution in [0.2, 0.25) is 0 Å². The lowest BCUT2D eigenvalue weighted by Crippen LogP contribution is -2.35. The number of anilines is 2. The van der Waals surface area contributed by atoms with Crippen LogP contribution >= 0.6 is 0 Å². The molecule has 1 aliphatic heterocycles. The van der Waals surface area contributed by atoms with Gasteiger partial charge in [-0.05, 0) is 23.6 Å². The summed E-state index contributed by atoms with van der Waals surface area (Å²) in [5.41, 5.74) is 0.452. The second-order valence-electron chi connectivity index (χ2n) is 7.35. The molecule has 0 aliphatic carbocycles. The predicted molar refractivity (Wildman–Crippen MR) is 109 cm³/mol. The second kappa shape index (κ2) is 7.19. The first kappa shape index (κ1) is 19.2. The number of alkyl halides is 3. The molecule has 158 valence electrons. The van der Waals surface area contributed by atoms with Crippen molar-refractivity contribution in [3.8, 4) is 0 Å². The maximum Gasteiger partial charge on any atom is 0.410 e. The van der Waals surface area contributed by atoms with Gasteiger partial charge in [-0.2, -0.15) is 18.3 Å². The lowest BCUT2D eigenvalue weighted by Gasteiger charge is -2.32. The molecule has 2 aromatic heterocycles. The van der Waals surface area contributed by atoms with Crippen LogP contribution < -0.4 is 10.6 Å². The maximum atomic E-state index is 13.7. The highest BCUT2D eigenvalue weighted by atomic mass is 19.4. The maximum absolute atomic E-state index is 13.7. The summed E-state index contributed by atoms with van der Waals surface area (Å²) < 4.78 is 47.4.